The van der Waals surface area contributed by atoms with E-state index >= 15 is 0 Å². The zero-order chi connectivity index (χ0) is 39.4. The highest BCUT2D eigenvalue weighted by molar-refractivity contribution is 6.30. The number of unbranched alkanes of at least 4 members (excludes halogenated alkanes) is 1. The Bertz CT molecular complexity index is 1210. The van der Waals surface area contributed by atoms with Gasteiger partial charge in [-0.3, -0.25) is 0 Å². The Morgan fingerprint density at radius 1 is 0.926 bits per heavy atom. The smallest absolute Gasteiger partial charge is 0.317 e. The molecule has 0 unspecified atom stereocenters. The van der Waals surface area contributed by atoms with Crippen LogP contribution in [0.1, 0.15) is 116 Å². The molecule has 11 nitrogen and oxygen atoms in total. The first-order valence-corrected chi connectivity index (χ1v) is 21.2. The van der Waals surface area contributed by atoms with Crippen molar-refractivity contribution in [2.45, 2.75) is 128 Å². The van der Waals surface area contributed by atoms with E-state index in [2.05, 4.69) is 29.8 Å². The zero-order valence-corrected chi connectivity index (χ0v) is 35.1. The van der Waals surface area contributed by atoms with E-state index in [4.69, 9.17) is 26.8 Å². The van der Waals surface area contributed by atoms with Crippen LogP contribution in [0.5, 0.6) is 0 Å². The van der Waals surface area contributed by atoms with Crippen LogP contribution in [-0.2, 0) is 15.1 Å². The molecular formula is C42H75ClN6O5. The lowest BCUT2D eigenvalue weighted by Gasteiger charge is -2.43. The van der Waals surface area contributed by atoms with Crippen molar-refractivity contribution >= 4 is 23.7 Å². The molecule has 3 fully saturated rings. The molecule has 1 saturated carbocycles. The molecule has 54 heavy (non-hydrogen) atoms. The maximum Gasteiger partial charge on any atom is 0.317 e. The molecule has 1 aliphatic carbocycles. The fourth-order valence-electron chi connectivity index (χ4n) is 8.64. The van der Waals surface area contributed by atoms with Gasteiger partial charge in [-0.2, -0.15) is 0 Å². The van der Waals surface area contributed by atoms with Gasteiger partial charge in [0.05, 0.1) is 12.2 Å². The fraction of sp³-hybridized carbons (Fsp3) is 0.810. The number of nitrogens with two attached hydrogens (primary N) is 1. The number of hydrogen-bond donors (Lipinski definition) is 5. The summed E-state index contributed by atoms with van der Waals surface area (Å²) in [5.74, 6) is 0.774. The number of amides is 4. The first kappa shape index (κ1) is 46.2. The third kappa shape index (κ3) is 16.1. The lowest BCUT2D eigenvalue weighted by atomic mass is 9.74. The minimum Gasteiger partial charge on any atom is -0.385 e. The molecule has 12 heteroatoms. The second-order valence-electron chi connectivity index (χ2n) is 16.9. The molecule has 0 radical (unpaired) electrons. The molecule has 0 spiro atoms. The molecule has 0 bridgehead atoms. The average molecular weight is 780 g/mol. The largest absolute Gasteiger partial charge is 0.385 e. The Morgan fingerprint density at radius 2 is 1.59 bits per heavy atom. The van der Waals surface area contributed by atoms with Gasteiger partial charge in [-0.1, -0.05) is 69.7 Å². The van der Waals surface area contributed by atoms with E-state index in [1.54, 1.807) is 14.2 Å². The molecule has 1 aromatic rings. The van der Waals surface area contributed by atoms with Crippen molar-refractivity contribution in [2.75, 3.05) is 73.7 Å². The second kappa shape index (κ2) is 24.5. The molecule has 2 aliphatic heterocycles. The second-order valence-corrected chi connectivity index (χ2v) is 17.3. The van der Waals surface area contributed by atoms with Crippen molar-refractivity contribution in [3.63, 3.8) is 0 Å². The number of aliphatic hydroxyl groups is 1. The molecule has 4 rings (SSSR count). The predicted octanol–water partition coefficient (Wildman–Crippen LogP) is 6.90. The standard InChI is InChI=1S/C26H44ClN3O4.C16H31N3O/c1-25(2,19-34-4)16-23(28)17-29-24(31)30-13-8-10-21(18-30)26(32,12-5-6-14-33-3)20-9-7-11-22(27)15-20;1-17-15(12-14-8-4-2-5-9-14)13-18-16(20)19-10-6-3-7-11-19/h7,9,11,15,21,23,32H,5-6,8,10,12-14,16-19,28H2,1-4H3,(H,29,31);14-15,17H,2-13H2,1H3,(H,18,20)/t21-,23+,26-;15-/m10/s1. The van der Waals surface area contributed by atoms with E-state index < -0.39 is 5.60 Å². The summed E-state index contributed by atoms with van der Waals surface area (Å²) in [5.41, 5.74) is 5.99. The number of piperidine rings is 2. The Labute approximate surface area is 332 Å². The highest BCUT2D eigenvalue weighted by Crippen LogP contribution is 2.40. The number of nitrogens with one attached hydrogen (secondary N) is 3. The molecule has 1 aromatic carbocycles. The summed E-state index contributed by atoms with van der Waals surface area (Å²) < 4.78 is 10.5. The van der Waals surface area contributed by atoms with E-state index in [9.17, 15) is 14.7 Å². The van der Waals surface area contributed by atoms with Gasteiger partial charge in [0.1, 0.15) is 0 Å². The number of ether oxygens (including phenoxy) is 2. The topological polar surface area (TPSA) is 141 Å². The Balaban J connectivity index is 0.000000331. The van der Waals surface area contributed by atoms with Gasteiger partial charge >= 0.3 is 12.1 Å². The maximum atomic E-state index is 13.0. The van der Waals surface area contributed by atoms with Crippen LogP contribution in [0.25, 0.3) is 0 Å². The number of nitrogens with zero attached hydrogens (tertiary/aromatic N) is 2. The maximum absolute atomic E-state index is 13.0. The van der Waals surface area contributed by atoms with Crippen molar-refractivity contribution in [1.29, 1.82) is 0 Å². The number of urea groups is 2. The van der Waals surface area contributed by atoms with Gasteiger partial charge in [0.15, 0.2) is 0 Å². The van der Waals surface area contributed by atoms with Gasteiger partial charge in [0, 0.05) is 83.1 Å². The van der Waals surface area contributed by atoms with Crippen LogP contribution in [0.4, 0.5) is 9.59 Å². The van der Waals surface area contributed by atoms with E-state index in [1.165, 1.54) is 44.9 Å². The Kier molecular flexibility index (Phi) is 21.0. The molecule has 6 N–H and O–H groups in total. The number of carbonyl (C=O) groups excluding carboxylic acids is 2. The third-order valence-corrected chi connectivity index (χ3v) is 11.9. The number of carbonyl (C=O) groups is 2. The van der Waals surface area contributed by atoms with Gasteiger partial charge < -0.3 is 46.1 Å². The van der Waals surface area contributed by atoms with Crippen molar-refractivity contribution in [3.05, 3.63) is 34.9 Å². The van der Waals surface area contributed by atoms with Crippen LogP contribution in [0, 0.1) is 17.3 Å². The average Bonchev–Trinajstić information content (AvgIpc) is 3.17. The number of likely N-dealkylation sites (N-methyl/N-ethyl adjacent to an activating group) is 1. The SMILES string of the molecule is CN[C@H](CNC(=O)N1CCCCC1)CC1CCCCC1.COCCCC[C@@](O)(c1cccc(Cl)c1)[C@@H]1CCCN(C(=O)NC[C@@H](N)CC(C)(C)COC)C1. The van der Waals surface area contributed by atoms with Crippen LogP contribution >= 0.6 is 11.6 Å². The van der Waals surface area contributed by atoms with E-state index in [0.29, 0.717) is 50.3 Å². The summed E-state index contributed by atoms with van der Waals surface area (Å²) in [7, 11) is 5.38. The zero-order valence-electron chi connectivity index (χ0n) is 34.3. The molecule has 4 amide bonds. The van der Waals surface area contributed by atoms with E-state index in [-0.39, 0.29) is 29.4 Å². The third-order valence-electron chi connectivity index (χ3n) is 11.6. The first-order valence-electron chi connectivity index (χ1n) is 20.9. The molecule has 4 atom stereocenters. The van der Waals surface area contributed by atoms with Gasteiger partial charge in [-0.05, 0) is 100 Å². The molecule has 2 saturated heterocycles. The molecule has 2 heterocycles. The lowest BCUT2D eigenvalue weighted by Crippen LogP contribution is -2.52. The summed E-state index contributed by atoms with van der Waals surface area (Å²) in [5, 5.41) is 22.0. The fourth-order valence-corrected chi connectivity index (χ4v) is 8.83. The number of rotatable bonds is 18. The number of benzene rings is 1. The molecule has 0 aromatic heterocycles. The highest BCUT2D eigenvalue weighted by atomic mass is 35.5. The van der Waals surface area contributed by atoms with Crippen LogP contribution in [0.2, 0.25) is 5.02 Å². The number of likely N-dealkylation sites (tertiary alicyclic amines) is 2. The minimum atomic E-state index is -1.06. The summed E-state index contributed by atoms with van der Waals surface area (Å²) >= 11 is 6.26. The number of halogens is 1. The van der Waals surface area contributed by atoms with Gasteiger partial charge in [0.2, 0.25) is 0 Å². The van der Waals surface area contributed by atoms with Crippen LogP contribution in [-0.4, -0.2) is 113 Å². The Hall–Kier alpha value is -2.15. The van der Waals surface area contributed by atoms with Crippen molar-refractivity contribution in [3.8, 4) is 0 Å². The highest BCUT2D eigenvalue weighted by Gasteiger charge is 2.41. The molecular weight excluding hydrogens is 704 g/mol. The van der Waals surface area contributed by atoms with Gasteiger partial charge in [-0.25, -0.2) is 9.59 Å². The van der Waals surface area contributed by atoms with Crippen LogP contribution in [0.15, 0.2) is 24.3 Å². The first-order chi connectivity index (χ1) is 25.9. The predicted molar refractivity (Wildman–Crippen MR) is 220 cm³/mol. The molecule has 3 aliphatic rings. The normalized spacial score (nSPS) is 20.6. The van der Waals surface area contributed by atoms with Crippen LogP contribution < -0.4 is 21.7 Å². The quantitative estimate of drug-likeness (QED) is 0.102. The van der Waals surface area contributed by atoms with E-state index in [0.717, 1.165) is 76.1 Å². The van der Waals surface area contributed by atoms with Gasteiger partial charge in [0.25, 0.3) is 0 Å². The number of methoxy groups -OCH3 is 2. The Morgan fingerprint density at radius 3 is 2.26 bits per heavy atom. The lowest BCUT2D eigenvalue weighted by molar-refractivity contribution is -0.0563. The van der Waals surface area contributed by atoms with Gasteiger partial charge in [-0.15, -0.1) is 0 Å². The minimum absolute atomic E-state index is 0.0502. The van der Waals surface area contributed by atoms with Crippen molar-refractivity contribution in [2.24, 2.45) is 23.0 Å². The summed E-state index contributed by atoms with van der Waals surface area (Å²) in [6.45, 7) is 9.68. The summed E-state index contributed by atoms with van der Waals surface area (Å²) in [6, 6.07) is 7.74. The monoisotopic (exact) mass is 779 g/mol. The van der Waals surface area contributed by atoms with E-state index in [1.807, 2.05) is 41.1 Å². The van der Waals surface area contributed by atoms with Crippen molar-refractivity contribution in [1.82, 2.24) is 25.8 Å². The number of hydrogen-bond acceptors (Lipinski definition) is 7. The molecule has 310 valence electrons. The van der Waals surface area contributed by atoms with Crippen LogP contribution in [0.3, 0.4) is 0 Å². The van der Waals surface area contributed by atoms with Crippen molar-refractivity contribution < 1.29 is 24.2 Å². The summed E-state index contributed by atoms with van der Waals surface area (Å²) in [4.78, 5) is 28.8. The summed E-state index contributed by atoms with van der Waals surface area (Å²) in [6.07, 6.45) is 16.5.